The number of amides is 1. The SMILES string of the molecule is COc1ccc(S(=O)(=O)N2CCCC2C(=O)Nc2ccc(Br)cc2F)cc1OC. The number of methoxy groups -OCH3 is 2. The van der Waals surface area contributed by atoms with Crippen molar-refractivity contribution in [1.29, 1.82) is 0 Å². The van der Waals surface area contributed by atoms with E-state index in [0.717, 1.165) is 4.31 Å². The third-order valence-corrected chi connectivity index (χ3v) is 7.05. The van der Waals surface area contributed by atoms with Gasteiger partial charge in [0.1, 0.15) is 11.9 Å². The predicted octanol–water partition coefficient (Wildman–Crippen LogP) is 3.40. The van der Waals surface area contributed by atoms with Gasteiger partial charge >= 0.3 is 0 Å². The van der Waals surface area contributed by atoms with Crippen molar-refractivity contribution in [3.63, 3.8) is 0 Å². The van der Waals surface area contributed by atoms with Gasteiger partial charge in [-0.1, -0.05) is 15.9 Å². The molecule has 1 fully saturated rings. The Hall–Kier alpha value is -2.17. The highest BCUT2D eigenvalue weighted by molar-refractivity contribution is 9.10. The Morgan fingerprint density at radius 2 is 1.90 bits per heavy atom. The molecule has 0 bridgehead atoms. The summed E-state index contributed by atoms with van der Waals surface area (Å²) in [7, 11) is -1.10. The van der Waals surface area contributed by atoms with Crippen LogP contribution in [-0.2, 0) is 14.8 Å². The maximum atomic E-state index is 14.0. The van der Waals surface area contributed by atoms with E-state index >= 15 is 0 Å². The van der Waals surface area contributed by atoms with Crippen LogP contribution in [0, 0.1) is 5.82 Å². The van der Waals surface area contributed by atoms with Crippen molar-refractivity contribution in [3.8, 4) is 11.5 Å². The Bertz CT molecular complexity index is 1030. The number of sulfonamides is 1. The normalized spacial score (nSPS) is 17.2. The number of ether oxygens (including phenoxy) is 2. The smallest absolute Gasteiger partial charge is 0.243 e. The quantitative estimate of drug-likeness (QED) is 0.676. The first kappa shape index (κ1) is 21.5. The lowest BCUT2D eigenvalue weighted by molar-refractivity contribution is -0.119. The van der Waals surface area contributed by atoms with Crippen molar-refractivity contribution in [2.24, 2.45) is 0 Å². The number of hydrogen-bond acceptors (Lipinski definition) is 5. The lowest BCUT2D eigenvalue weighted by atomic mass is 10.2. The van der Waals surface area contributed by atoms with E-state index in [-0.39, 0.29) is 22.9 Å². The van der Waals surface area contributed by atoms with Crippen molar-refractivity contribution < 1.29 is 27.1 Å². The number of hydrogen-bond donors (Lipinski definition) is 1. The standard InChI is InChI=1S/C19H20BrFN2O5S/c1-27-17-8-6-13(11-18(17)28-2)29(25,26)23-9-3-4-16(23)19(24)22-15-7-5-12(20)10-14(15)21/h5-8,10-11,16H,3-4,9H2,1-2H3,(H,22,24). The number of rotatable bonds is 6. The summed E-state index contributed by atoms with van der Waals surface area (Å²) >= 11 is 3.15. The predicted molar refractivity (Wildman–Crippen MR) is 109 cm³/mol. The molecule has 29 heavy (non-hydrogen) atoms. The summed E-state index contributed by atoms with van der Waals surface area (Å²) in [6, 6.07) is 7.55. The highest BCUT2D eigenvalue weighted by atomic mass is 79.9. The van der Waals surface area contributed by atoms with Crippen molar-refractivity contribution in [2.45, 2.75) is 23.8 Å². The van der Waals surface area contributed by atoms with Gasteiger partial charge in [-0.2, -0.15) is 4.31 Å². The van der Waals surface area contributed by atoms with Crippen molar-refractivity contribution >= 4 is 37.5 Å². The van der Waals surface area contributed by atoms with E-state index in [2.05, 4.69) is 21.2 Å². The van der Waals surface area contributed by atoms with Crippen LogP contribution in [0.15, 0.2) is 45.8 Å². The van der Waals surface area contributed by atoms with Gasteiger partial charge in [-0.15, -0.1) is 0 Å². The molecular weight excluding hydrogens is 467 g/mol. The molecule has 2 aromatic rings. The van der Waals surface area contributed by atoms with Gasteiger partial charge in [0.2, 0.25) is 15.9 Å². The van der Waals surface area contributed by atoms with Crippen LogP contribution in [0.2, 0.25) is 0 Å². The fourth-order valence-electron chi connectivity index (χ4n) is 3.21. The summed E-state index contributed by atoms with van der Waals surface area (Å²) in [5.41, 5.74) is -0.00596. The Morgan fingerprint density at radius 3 is 2.55 bits per heavy atom. The Labute approximate surface area is 177 Å². The number of halogens is 2. The molecule has 1 aliphatic heterocycles. The molecule has 1 N–H and O–H groups in total. The van der Waals surface area contributed by atoms with Gasteiger partial charge in [-0.05, 0) is 43.2 Å². The van der Waals surface area contributed by atoms with E-state index < -0.39 is 27.8 Å². The zero-order valence-electron chi connectivity index (χ0n) is 15.8. The van der Waals surface area contributed by atoms with Crippen molar-refractivity contribution in [2.75, 3.05) is 26.1 Å². The lowest BCUT2D eigenvalue weighted by Crippen LogP contribution is -2.43. The highest BCUT2D eigenvalue weighted by Gasteiger charge is 2.40. The molecule has 0 aromatic heterocycles. The lowest BCUT2D eigenvalue weighted by Gasteiger charge is -2.24. The molecule has 3 rings (SSSR count). The van der Waals surface area contributed by atoms with Crippen LogP contribution in [0.5, 0.6) is 11.5 Å². The first-order chi connectivity index (χ1) is 13.8. The van der Waals surface area contributed by atoms with Crippen LogP contribution in [0.3, 0.4) is 0 Å². The van der Waals surface area contributed by atoms with Gasteiger partial charge in [-0.25, -0.2) is 12.8 Å². The van der Waals surface area contributed by atoms with Gasteiger partial charge in [0.15, 0.2) is 11.5 Å². The van der Waals surface area contributed by atoms with E-state index in [1.807, 2.05) is 0 Å². The minimum absolute atomic E-state index is 0.00596. The summed E-state index contributed by atoms with van der Waals surface area (Å²) in [6.45, 7) is 0.192. The third-order valence-electron chi connectivity index (χ3n) is 4.66. The second-order valence-corrected chi connectivity index (χ2v) is 9.21. The number of anilines is 1. The Kier molecular flexibility index (Phi) is 6.45. The number of benzene rings is 2. The van der Waals surface area contributed by atoms with Crippen LogP contribution in [0.4, 0.5) is 10.1 Å². The Morgan fingerprint density at radius 1 is 1.17 bits per heavy atom. The molecule has 2 aromatic carbocycles. The van der Waals surface area contributed by atoms with E-state index in [4.69, 9.17) is 9.47 Å². The summed E-state index contributed by atoms with van der Waals surface area (Å²) < 4.78 is 52.3. The number of nitrogens with one attached hydrogen (secondary N) is 1. The van der Waals surface area contributed by atoms with Crippen LogP contribution >= 0.6 is 15.9 Å². The first-order valence-electron chi connectivity index (χ1n) is 8.77. The molecule has 0 aliphatic carbocycles. The molecular formula is C19H20BrFN2O5S. The number of carbonyl (C=O) groups is 1. The van der Waals surface area contributed by atoms with Gasteiger partial charge in [0.25, 0.3) is 0 Å². The summed E-state index contributed by atoms with van der Waals surface area (Å²) in [5, 5.41) is 2.49. The third kappa shape index (κ3) is 4.39. The summed E-state index contributed by atoms with van der Waals surface area (Å²) in [5.74, 6) is -0.522. The minimum Gasteiger partial charge on any atom is -0.493 e. The zero-order valence-corrected chi connectivity index (χ0v) is 18.2. The molecule has 1 saturated heterocycles. The molecule has 0 saturated carbocycles. The summed E-state index contributed by atoms with van der Waals surface area (Å²) in [6.07, 6.45) is 0.865. The van der Waals surface area contributed by atoms with Crippen LogP contribution in [-0.4, -0.2) is 45.4 Å². The maximum absolute atomic E-state index is 14.0. The average molecular weight is 487 g/mol. The largest absolute Gasteiger partial charge is 0.493 e. The van der Waals surface area contributed by atoms with E-state index in [9.17, 15) is 17.6 Å². The fourth-order valence-corrected chi connectivity index (χ4v) is 5.21. The molecule has 1 amide bonds. The molecule has 0 radical (unpaired) electrons. The molecule has 0 spiro atoms. The molecule has 1 aliphatic rings. The first-order valence-corrected chi connectivity index (χ1v) is 11.0. The number of nitrogens with zero attached hydrogens (tertiary/aromatic N) is 1. The van der Waals surface area contributed by atoms with Gasteiger partial charge < -0.3 is 14.8 Å². The molecule has 7 nitrogen and oxygen atoms in total. The second-order valence-electron chi connectivity index (χ2n) is 6.40. The second kappa shape index (κ2) is 8.68. The highest BCUT2D eigenvalue weighted by Crippen LogP contribution is 2.33. The molecule has 1 atom stereocenters. The average Bonchev–Trinajstić information content (AvgIpc) is 3.20. The number of carbonyl (C=O) groups excluding carboxylic acids is 1. The van der Waals surface area contributed by atoms with E-state index in [0.29, 0.717) is 23.1 Å². The van der Waals surface area contributed by atoms with Crippen LogP contribution < -0.4 is 14.8 Å². The molecule has 1 unspecified atom stereocenters. The fraction of sp³-hybridized carbons (Fsp3) is 0.316. The van der Waals surface area contributed by atoms with E-state index in [1.165, 1.54) is 44.6 Å². The molecule has 156 valence electrons. The monoisotopic (exact) mass is 486 g/mol. The van der Waals surface area contributed by atoms with Crippen molar-refractivity contribution in [3.05, 3.63) is 46.7 Å². The maximum Gasteiger partial charge on any atom is 0.243 e. The van der Waals surface area contributed by atoms with E-state index in [1.54, 1.807) is 6.07 Å². The Balaban J connectivity index is 1.86. The van der Waals surface area contributed by atoms with Gasteiger partial charge in [0, 0.05) is 17.1 Å². The minimum atomic E-state index is -3.96. The van der Waals surface area contributed by atoms with Gasteiger partial charge in [-0.3, -0.25) is 4.79 Å². The molecule has 10 heteroatoms. The van der Waals surface area contributed by atoms with Crippen LogP contribution in [0.1, 0.15) is 12.8 Å². The topological polar surface area (TPSA) is 84.9 Å². The van der Waals surface area contributed by atoms with Crippen LogP contribution in [0.25, 0.3) is 0 Å². The molecule has 1 heterocycles. The van der Waals surface area contributed by atoms with Crippen molar-refractivity contribution in [1.82, 2.24) is 4.31 Å². The zero-order chi connectivity index (χ0) is 21.2. The summed E-state index contributed by atoms with van der Waals surface area (Å²) in [4.78, 5) is 12.7. The van der Waals surface area contributed by atoms with Gasteiger partial charge in [0.05, 0.1) is 24.8 Å².